The summed E-state index contributed by atoms with van der Waals surface area (Å²) in [4.78, 5) is 11.7. The van der Waals surface area contributed by atoms with Gasteiger partial charge in [-0.25, -0.2) is 0 Å². The average molecular weight is 429 g/mol. The van der Waals surface area contributed by atoms with Crippen LogP contribution >= 0.6 is 0 Å². The lowest BCUT2D eigenvalue weighted by Crippen LogP contribution is -2.57. The first kappa shape index (κ1) is 21.7. The van der Waals surface area contributed by atoms with Crippen molar-refractivity contribution in [2.75, 3.05) is 13.2 Å². The predicted molar refractivity (Wildman–Crippen MR) is 120 cm³/mol. The Morgan fingerprint density at radius 2 is 1.94 bits per heavy atom. The van der Waals surface area contributed by atoms with Crippen molar-refractivity contribution in [1.29, 1.82) is 0 Å². The molecule has 0 aromatic rings. The molecular formula is C27H40O4. The molecular weight excluding hydrogens is 388 g/mol. The summed E-state index contributed by atoms with van der Waals surface area (Å²) in [6, 6.07) is 0. The molecule has 4 nitrogen and oxygen atoms in total. The fourth-order valence-electron chi connectivity index (χ4n) is 9.18. The molecule has 31 heavy (non-hydrogen) atoms. The van der Waals surface area contributed by atoms with Crippen LogP contribution in [0.25, 0.3) is 0 Å². The Morgan fingerprint density at radius 3 is 2.68 bits per heavy atom. The molecule has 0 aromatic carbocycles. The minimum absolute atomic E-state index is 0.0434. The van der Waals surface area contributed by atoms with Crippen LogP contribution in [0.1, 0.15) is 73.1 Å². The maximum atomic E-state index is 11.7. The molecule has 1 aliphatic heterocycles. The number of carbonyl (C=O) groups excluding carboxylic acids is 1. The summed E-state index contributed by atoms with van der Waals surface area (Å²) < 4.78 is 11.3. The number of hydrogen-bond donors (Lipinski definition) is 1. The maximum Gasteiger partial charge on any atom is 0.302 e. The molecule has 1 saturated heterocycles. The van der Waals surface area contributed by atoms with Crippen molar-refractivity contribution in [3.8, 4) is 0 Å². The lowest BCUT2D eigenvalue weighted by atomic mass is 9.41. The van der Waals surface area contributed by atoms with Crippen molar-refractivity contribution in [3.63, 3.8) is 0 Å². The maximum absolute atomic E-state index is 11.7. The molecule has 0 aromatic heterocycles. The highest BCUT2D eigenvalue weighted by atomic mass is 16.6. The molecule has 2 saturated carbocycles. The van der Waals surface area contributed by atoms with Crippen molar-refractivity contribution in [2.24, 2.45) is 45.8 Å². The number of rotatable bonds is 2. The van der Waals surface area contributed by atoms with Gasteiger partial charge in [0.25, 0.3) is 0 Å². The molecule has 3 fully saturated rings. The number of carbonyl (C=O) groups is 1. The lowest BCUT2D eigenvalue weighted by molar-refractivity contribution is -0.149. The molecule has 5 rings (SSSR count). The Bertz CT molecular complexity index is 825. The van der Waals surface area contributed by atoms with Crippen molar-refractivity contribution < 1.29 is 19.4 Å². The summed E-state index contributed by atoms with van der Waals surface area (Å²) in [6.45, 7) is 12.4. The van der Waals surface area contributed by atoms with Crippen LogP contribution in [0, 0.1) is 45.8 Å². The fraction of sp³-hybridized carbons (Fsp3) is 0.815. The third kappa shape index (κ3) is 3.11. The highest BCUT2D eigenvalue weighted by Crippen LogP contribution is 2.68. The Hall–Kier alpha value is -1.13. The van der Waals surface area contributed by atoms with E-state index in [0.717, 1.165) is 12.8 Å². The van der Waals surface area contributed by atoms with Gasteiger partial charge < -0.3 is 14.6 Å². The van der Waals surface area contributed by atoms with E-state index in [4.69, 9.17) is 9.47 Å². The third-order valence-electron chi connectivity index (χ3n) is 10.2. The van der Waals surface area contributed by atoms with Gasteiger partial charge in [0.2, 0.25) is 0 Å². The number of fused-ring (bicyclic) bond motifs is 7. The van der Waals surface area contributed by atoms with Gasteiger partial charge in [-0.3, -0.25) is 4.79 Å². The topological polar surface area (TPSA) is 55.8 Å². The quantitative estimate of drug-likeness (QED) is 0.481. The van der Waals surface area contributed by atoms with Gasteiger partial charge in [-0.15, -0.1) is 0 Å². The van der Waals surface area contributed by atoms with E-state index in [0.29, 0.717) is 31.0 Å². The summed E-state index contributed by atoms with van der Waals surface area (Å²) in [7, 11) is 0. The van der Waals surface area contributed by atoms with Crippen LogP contribution in [0.2, 0.25) is 0 Å². The fourth-order valence-corrected chi connectivity index (χ4v) is 9.18. The summed E-state index contributed by atoms with van der Waals surface area (Å²) in [5.41, 5.74) is 3.43. The predicted octanol–water partition coefficient (Wildman–Crippen LogP) is 5.27. The Labute approximate surface area is 187 Å². The van der Waals surface area contributed by atoms with Crippen LogP contribution < -0.4 is 0 Å². The normalized spacial score (nSPS) is 47.8. The van der Waals surface area contributed by atoms with E-state index >= 15 is 0 Å². The number of aliphatic hydroxyl groups excluding tert-OH is 1. The second-order valence-corrected chi connectivity index (χ2v) is 12.3. The first-order chi connectivity index (χ1) is 14.6. The van der Waals surface area contributed by atoms with Crippen LogP contribution in [-0.2, 0) is 14.3 Å². The first-order valence-corrected chi connectivity index (χ1v) is 12.4. The summed E-state index contributed by atoms with van der Waals surface area (Å²) in [6.07, 6.45) is 11.4. The van der Waals surface area contributed by atoms with Crippen molar-refractivity contribution in [2.45, 2.75) is 79.4 Å². The number of hydrogen-bond acceptors (Lipinski definition) is 4. The van der Waals surface area contributed by atoms with E-state index in [1.165, 1.54) is 38.2 Å². The van der Waals surface area contributed by atoms with Crippen molar-refractivity contribution >= 4 is 5.97 Å². The van der Waals surface area contributed by atoms with Gasteiger partial charge in [0.1, 0.15) is 0 Å². The molecule has 4 aliphatic carbocycles. The summed E-state index contributed by atoms with van der Waals surface area (Å²) >= 11 is 0. The number of esters is 1. The first-order valence-electron chi connectivity index (χ1n) is 12.4. The molecule has 0 amide bonds. The average Bonchev–Trinajstić information content (AvgIpc) is 3.07. The smallest absolute Gasteiger partial charge is 0.302 e. The van der Waals surface area contributed by atoms with Gasteiger partial charge in [-0.05, 0) is 71.7 Å². The van der Waals surface area contributed by atoms with E-state index in [2.05, 4.69) is 39.8 Å². The molecule has 0 unspecified atom stereocenters. The molecule has 5 aliphatic rings. The summed E-state index contributed by atoms with van der Waals surface area (Å²) in [5, 5.41) is 10.7. The minimum atomic E-state index is -0.673. The lowest BCUT2D eigenvalue weighted by Gasteiger charge is -2.64. The van der Waals surface area contributed by atoms with E-state index in [1.54, 1.807) is 5.57 Å². The standard InChI is InChI=1S/C27H40O4/c1-16(28)30-15-18-13-19-20-8-7-17-14-31-24(29)22(17)26(20,4)12-9-21(19)27(5)11-6-10-25(2,3)23(18)27/h7,13,18,20-24,29H,6,8-12,14-15H2,1-5H3/t18-,20-,21-,22+,23-,24+,26-,27+/m0/s1. The van der Waals surface area contributed by atoms with Crippen molar-refractivity contribution in [1.82, 2.24) is 0 Å². The van der Waals surface area contributed by atoms with Gasteiger partial charge in [-0.1, -0.05) is 51.8 Å². The van der Waals surface area contributed by atoms with E-state index in [-0.39, 0.29) is 34.1 Å². The van der Waals surface area contributed by atoms with Gasteiger partial charge in [0.15, 0.2) is 6.29 Å². The van der Waals surface area contributed by atoms with Gasteiger partial charge in [-0.2, -0.15) is 0 Å². The second kappa shape index (κ2) is 7.18. The van der Waals surface area contributed by atoms with Gasteiger partial charge in [0, 0.05) is 18.8 Å². The Morgan fingerprint density at radius 1 is 1.16 bits per heavy atom. The number of ether oxygens (including phenoxy) is 2. The molecule has 0 bridgehead atoms. The molecule has 0 radical (unpaired) electrons. The third-order valence-corrected chi connectivity index (χ3v) is 10.2. The van der Waals surface area contributed by atoms with E-state index in [1.807, 2.05) is 0 Å². The molecule has 8 atom stereocenters. The zero-order chi connectivity index (χ0) is 22.2. The highest BCUT2D eigenvalue weighted by Gasteiger charge is 2.62. The number of allylic oxidation sites excluding steroid dienone is 2. The van der Waals surface area contributed by atoms with E-state index in [9.17, 15) is 9.90 Å². The van der Waals surface area contributed by atoms with Gasteiger partial charge >= 0.3 is 5.97 Å². The second-order valence-electron chi connectivity index (χ2n) is 12.3. The molecule has 0 spiro atoms. The monoisotopic (exact) mass is 428 g/mol. The SMILES string of the molecule is CC(=O)OC[C@@H]1C=C2[C@@H]3CC=C4CO[C@@H](O)[C@@H]4[C@@]3(C)CC[C@@H]2[C@@]2(C)CCCC(C)(C)[C@H]12. The highest BCUT2D eigenvalue weighted by molar-refractivity contribution is 5.65. The zero-order valence-electron chi connectivity index (χ0n) is 19.9. The van der Waals surface area contributed by atoms with Crippen LogP contribution in [-0.4, -0.2) is 30.6 Å². The summed E-state index contributed by atoms with van der Waals surface area (Å²) in [5.74, 6) is 1.78. The van der Waals surface area contributed by atoms with Crippen molar-refractivity contribution in [3.05, 3.63) is 23.3 Å². The van der Waals surface area contributed by atoms with Crippen LogP contribution in [0.15, 0.2) is 23.3 Å². The minimum Gasteiger partial charge on any atom is -0.465 e. The Kier molecular flexibility index (Phi) is 5.03. The van der Waals surface area contributed by atoms with Gasteiger partial charge in [0.05, 0.1) is 13.2 Å². The van der Waals surface area contributed by atoms with E-state index < -0.39 is 6.29 Å². The molecule has 1 N–H and O–H groups in total. The zero-order valence-corrected chi connectivity index (χ0v) is 19.9. The molecule has 172 valence electrons. The van der Waals surface area contributed by atoms with Crippen LogP contribution in [0.5, 0.6) is 0 Å². The molecule has 4 heteroatoms. The largest absolute Gasteiger partial charge is 0.465 e. The van der Waals surface area contributed by atoms with Crippen LogP contribution in [0.3, 0.4) is 0 Å². The van der Waals surface area contributed by atoms with Crippen LogP contribution in [0.4, 0.5) is 0 Å². The molecule has 1 heterocycles. The number of aliphatic hydroxyl groups is 1. The Balaban J connectivity index is 1.59.